The van der Waals surface area contributed by atoms with Crippen LogP contribution in [0.1, 0.15) is 43.4 Å². The Labute approximate surface area is 137 Å². The van der Waals surface area contributed by atoms with E-state index in [0.717, 1.165) is 22.4 Å². The van der Waals surface area contributed by atoms with Gasteiger partial charge in [0.2, 0.25) is 0 Å². The zero-order valence-corrected chi connectivity index (χ0v) is 14.2. The summed E-state index contributed by atoms with van der Waals surface area (Å²) in [5, 5.41) is 2.89. The van der Waals surface area contributed by atoms with Gasteiger partial charge in [-0.15, -0.1) is 0 Å². The first-order valence-corrected chi connectivity index (χ1v) is 7.91. The molecule has 1 unspecified atom stereocenters. The lowest BCUT2D eigenvalue weighted by Gasteiger charge is -2.19. The fourth-order valence-electron chi connectivity index (χ4n) is 2.30. The van der Waals surface area contributed by atoms with Gasteiger partial charge in [0, 0.05) is 18.9 Å². The number of amides is 1. The fourth-order valence-corrected chi connectivity index (χ4v) is 2.30. The molecule has 122 valence electrons. The lowest BCUT2D eigenvalue weighted by Crippen LogP contribution is -2.36. The van der Waals surface area contributed by atoms with Crippen LogP contribution in [0.5, 0.6) is 5.75 Å². The molecule has 0 aliphatic rings. The zero-order chi connectivity index (χ0) is 16.8. The number of nitrogens with one attached hydrogen (secondary N) is 1. The van der Waals surface area contributed by atoms with E-state index >= 15 is 0 Å². The molecule has 2 aromatic rings. The number of hydrogen-bond acceptors (Lipinski definition) is 3. The number of ether oxygens (including phenoxy) is 1. The molecular weight excluding hydrogens is 288 g/mol. The molecule has 0 radical (unpaired) electrons. The second-order valence-electron chi connectivity index (χ2n) is 6.03. The van der Waals surface area contributed by atoms with Gasteiger partial charge in [-0.1, -0.05) is 26.0 Å². The minimum absolute atomic E-state index is 0.127. The number of aromatic nitrogens is 1. The second kappa shape index (κ2) is 7.77. The summed E-state index contributed by atoms with van der Waals surface area (Å²) in [6.07, 6.45) is 2.88. The zero-order valence-electron chi connectivity index (χ0n) is 14.2. The van der Waals surface area contributed by atoms with Gasteiger partial charge in [-0.05, 0) is 54.7 Å². The summed E-state index contributed by atoms with van der Waals surface area (Å²) in [5.41, 5.74) is 3.25. The molecule has 0 aliphatic carbocycles. The Bertz CT molecular complexity index is 654. The lowest BCUT2D eigenvalue weighted by molar-refractivity contribution is -0.127. The van der Waals surface area contributed by atoms with E-state index in [4.69, 9.17) is 4.74 Å². The molecule has 0 saturated carbocycles. The highest BCUT2D eigenvalue weighted by atomic mass is 16.5. The van der Waals surface area contributed by atoms with Crippen LogP contribution in [0.3, 0.4) is 0 Å². The number of aryl methyl sites for hydroxylation is 1. The molecule has 1 amide bonds. The van der Waals surface area contributed by atoms with Crippen LogP contribution < -0.4 is 10.1 Å². The van der Waals surface area contributed by atoms with Gasteiger partial charge in [-0.25, -0.2) is 0 Å². The molecule has 0 fully saturated rings. The van der Waals surface area contributed by atoms with Gasteiger partial charge in [-0.2, -0.15) is 0 Å². The van der Waals surface area contributed by atoms with Crippen LogP contribution in [0.2, 0.25) is 0 Å². The molecule has 1 aromatic carbocycles. The van der Waals surface area contributed by atoms with E-state index in [1.807, 2.05) is 25.1 Å². The van der Waals surface area contributed by atoms with Gasteiger partial charge in [0.15, 0.2) is 6.10 Å². The SMILES string of the molecule is Cc1ccc(C(C)C)c(OC(C)C(=O)NCc2ccncc2)c1. The van der Waals surface area contributed by atoms with Gasteiger partial charge >= 0.3 is 0 Å². The van der Waals surface area contributed by atoms with E-state index in [2.05, 4.69) is 36.3 Å². The minimum Gasteiger partial charge on any atom is -0.481 e. The van der Waals surface area contributed by atoms with Crippen LogP contribution >= 0.6 is 0 Å². The second-order valence-corrected chi connectivity index (χ2v) is 6.03. The first-order chi connectivity index (χ1) is 11.0. The van der Waals surface area contributed by atoms with E-state index in [1.165, 1.54) is 0 Å². The van der Waals surface area contributed by atoms with Crippen molar-refractivity contribution in [3.63, 3.8) is 0 Å². The molecule has 4 heteroatoms. The number of hydrogen-bond donors (Lipinski definition) is 1. The summed E-state index contributed by atoms with van der Waals surface area (Å²) in [6.45, 7) is 8.50. The van der Waals surface area contributed by atoms with Crippen molar-refractivity contribution in [2.24, 2.45) is 0 Å². The van der Waals surface area contributed by atoms with Crippen molar-refractivity contribution in [2.45, 2.75) is 46.3 Å². The van der Waals surface area contributed by atoms with Crippen molar-refractivity contribution in [2.75, 3.05) is 0 Å². The van der Waals surface area contributed by atoms with Crippen LogP contribution in [0, 0.1) is 6.92 Å². The molecule has 1 aromatic heterocycles. The van der Waals surface area contributed by atoms with Crippen LogP contribution in [0.15, 0.2) is 42.7 Å². The summed E-state index contributed by atoms with van der Waals surface area (Å²) in [4.78, 5) is 16.2. The van der Waals surface area contributed by atoms with E-state index in [1.54, 1.807) is 19.3 Å². The van der Waals surface area contributed by atoms with Crippen molar-refractivity contribution < 1.29 is 9.53 Å². The summed E-state index contributed by atoms with van der Waals surface area (Å²) in [5.74, 6) is 1.00. The average Bonchev–Trinajstić information content (AvgIpc) is 2.53. The van der Waals surface area contributed by atoms with Crippen molar-refractivity contribution in [3.05, 3.63) is 59.4 Å². The maximum Gasteiger partial charge on any atom is 0.261 e. The highest BCUT2D eigenvalue weighted by Crippen LogP contribution is 2.28. The molecule has 0 aliphatic heterocycles. The van der Waals surface area contributed by atoms with Crippen molar-refractivity contribution in [3.8, 4) is 5.75 Å². The molecule has 23 heavy (non-hydrogen) atoms. The predicted octanol–water partition coefficient (Wildman–Crippen LogP) is 3.60. The van der Waals surface area contributed by atoms with Gasteiger partial charge in [0.1, 0.15) is 5.75 Å². The van der Waals surface area contributed by atoms with Crippen LogP contribution in [-0.2, 0) is 11.3 Å². The van der Waals surface area contributed by atoms with Gasteiger partial charge in [0.25, 0.3) is 5.91 Å². The average molecular weight is 312 g/mol. The van der Waals surface area contributed by atoms with E-state index in [0.29, 0.717) is 12.5 Å². The summed E-state index contributed by atoms with van der Waals surface area (Å²) in [6, 6.07) is 9.88. The number of carbonyl (C=O) groups is 1. The molecule has 1 heterocycles. The maximum atomic E-state index is 12.2. The molecule has 4 nitrogen and oxygen atoms in total. The van der Waals surface area contributed by atoms with Crippen LogP contribution in [0.4, 0.5) is 0 Å². The number of benzene rings is 1. The van der Waals surface area contributed by atoms with Gasteiger partial charge in [0.05, 0.1) is 0 Å². The molecule has 0 spiro atoms. The molecule has 1 N–H and O–H groups in total. The van der Waals surface area contributed by atoms with E-state index < -0.39 is 6.10 Å². The smallest absolute Gasteiger partial charge is 0.261 e. The summed E-state index contributed by atoms with van der Waals surface area (Å²) in [7, 11) is 0. The van der Waals surface area contributed by atoms with Crippen molar-refractivity contribution >= 4 is 5.91 Å². The Hall–Kier alpha value is -2.36. The Kier molecular flexibility index (Phi) is 5.74. The number of carbonyl (C=O) groups excluding carboxylic acids is 1. The third-order valence-electron chi connectivity index (χ3n) is 3.68. The largest absolute Gasteiger partial charge is 0.481 e. The van der Waals surface area contributed by atoms with E-state index in [9.17, 15) is 4.79 Å². The van der Waals surface area contributed by atoms with Crippen molar-refractivity contribution in [1.29, 1.82) is 0 Å². The van der Waals surface area contributed by atoms with Crippen molar-refractivity contribution in [1.82, 2.24) is 10.3 Å². The van der Waals surface area contributed by atoms with Gasteiger partial charge < -0.3 is 10.1 Å². The maximum absolute atomic E-state index is 12.2. The number of nitrogens with zero attached hydrogens (tertiary/aromatic N) is 1. The molecule has 1 atom stereocenters. The normalized spacial score (nSPS) is 12.0. The molecule has 2 rings (SSSR count). The number of pyridine rings is 1. The highest BCUT2D eigenvalue weighted by Gasteiger charge is 2.17. The Balaban J connectivity index is 1.99. The summed E-state index contributed by atoms with van der Waals surface area (Å²) < 4.78 is 5.91. The molecule has 0 bridgehead atoms. The van der Waals surface area contributed by atoms with Crippen LogP contribution in [0.25, 0.3) is 0 Å². The van der Waals surface area contributed by atoms with Crippen LogP contribution in [-0.4, -0.2) is 17.0 Å². The Morgan fingerprint density at radius 3 is 2.52 bits per heavy atom. The Morgan fingerprint density at radius 2 is 1.87 bits per heavy atom. The third-order valence-corrected chi connectivity index (χ3v) is 3.68. The molecule has 0 saturated heterocycles. The van der Waals surface area contributed by atoms with Gasteiger partial charge in [-0.3, -0.25) is 9.78 Å². The highest BCUT2D eigenvalue weighted by molar-refractivity contribution is 5.80. The summed E-state index contributed by atoms with van der Waals surface area (Å²) >= 11 is 0. The van der Waals surface area contributed by atoms with E-state index in [-0.39, 0.29) is 5.91 Å². The first kappa shape index (κ1) is 17.0. The monoisotopic (exact) mass is 312 g/mol. The molecular formula is C19H24N2O2. The minimum atomic E-state index is -0.545. The third kappa shape index (κ3) is 4.81. The fraction of sp³-hybridized carbons (Fsp3) is 0.368. The predicted molar refractivity (Wildman–Crippen MR) is 91.4 cm³/mol. The topological polar surface area (TPSA) is 51.2 Å². The quantitative estimate of drug-likeness (QED) is 0.886. The number of rotatable bonds is 6. The Morgan fingerprint density at radius 1 is 1.17 bits per heavy atom. The first-order valence-electron chi connectivity index (χ1n) is 7.91. The standard InChI is InChI=1S/C19H24N2O2/c1-13(2)17-6-5-14(3)11-18(17)23-15(4)19(22)21-12-16-7-9-20-10-8-16/h5-11,13,15H,12H2,1-4H3,(H,21,22). The lowest BCUT2D eigenvalue weighted by atomic mass is 10.0.